The number of piperazine rings is 1. The number of nitriles is 1. The highest BCUT2D eigenvalue weighted by atomic mass is 32.2. The van der Waals surface area contributed by atoms with Gasteiger partial charge in [-0.1, -0.05) is 23.9 Å². The van der Waals surface area contributed by atoms with Crippen molar-refractivity contribution in [3.05, 3.63) is 53.1 Å². The number of benzene rings is 2. The maximum Gasteiger partial charge on any atom is 0.0992 e. The van der Waals surface area contributed by atoms with Crippen molar-refractivity contribution < 1.29 is 0 Å². The molecule has 0 spiro atoms. The minimum atomic E-state index is 0.720. The molecule has 2 aromatic carbocycles. The molecule has 24 heavy (non-hydrogen) atoms. The van der Waals surface area contributed by atoms with Crippen molar-refractivity contribution >= 4 is 23.7 Å². The third kappa shape index (κ3) is 4.34. The van der Waals surface area contributed by atoms with Gasteiger partial charge in [0.1, 0.15) is 0 Å². The molecule has 124 valence electrons. The van der Waals surface area contributed by atoms with Crippen LogP contribution in [-0.2, 0) is 0 Å². The monoisotopic (exact) mass is 355 g/mol. The Morgan fingerprint density at radius 1 is 1.00 bits per heavy atom. The van der Waals surface area contributed by atoms with Crippen LogP contribution in [0.25, 0.3) is 0 Å². The lowest BCUT2D eigenvalue weighted by Gasteiger charge is -2.26. The second-order valence-electron chi connectivity index (χ2n) is 5.91. The molecule has 5 heteroatoms. The van der Waals surface area contributed by atoms with E-state index in [9.17, 15) is 5.26 Å². The molecule has 0 radical (unpaired) electrons. The minimum Gasteiger partial charge on any atom is -0.314 e. The van der Waals surface area contributed by atoms with Crippen molar-refractivity contribution in [2.24, 2.45) is 0 Å². The second-order valence-corrected chi connectivity index (χ2v) is 8.14. The molecule has 3 nitrogen and oxygen atoms in total. The Morgan fingerprint density at radius 2 is 1.79 bits per heavy atom. The Kier molecular flexibility index (Phi) is 5.85. The molecule has 0 bridgehead atoms. The summed E-state index contributed by atoms with van der Waals surface area (Å²) in [6, 6.07) is 14.8. The topological polar surface area (TPSA) is 39.1 Å². The minimum absolute atomic E-state index is 0.720. The van der Waals surface area contributed by atoms with Crippen LogP contribution in [0.4, 0.5) is 0 Å². The summed E-state index contributed by atoms with van der Waals surface area (Å²) in [5.74, 6) is 0. The smallest absolute Gasteiger partial charge is 0.0992 e. The largest absolute Gasteiger partial charge is 0.314 e. The molecule has 0 unspecified atom stereocenters. The molecule has 0 saturated carbocycles. The van der Waals surface area contributed by atoms with Crippen LogP contribution >= 0.6 is 23.7 Å². The molecular formula is C19H21N3S2. The van der Waals surface area contributed by atoms with E-state index >= 15 is 0 Å². The van der Waals surface area contributed by atoms with Crippen molar-refractivity contribution in [2.75, 3.05) is 26.2 Å². The lowest BCUT2D eigenvalue weighted by molar-refractivity contribution is 0.396. The van der Waals surface area contributed by atoms with Crippen LogP contribution in [-0.4, -0.2) is 30.5 Å². The number of hydrogen-bond acceptors (Lipinski definition) is 5. The summed E-state index contributed by atoms with van der Waals surface area (Å²) in [5.41, 5.74) is 3.28. The maximum atomic E-state index is 9.24. The van der Waals surface area contributed by atoms with Gasteiger partial charge in [0, 0.05) is 40.9 Å². The summed E-state index contributed by atoms with van der Waals surface area (Å²) < 4.78 is 2.38. The van der Waals surface area contributed by atoms with E-state index in [2.05, 4.69) is 53.8 Å². The molecule has 1 aliphatic rings. The summed E-state index contributed by atoms with van der Waals surface area (Å²) in [5, 5.41) is 12.6. The number of rotatable bonds is 4. The van der Waals surface area contributed by atoms with Crippen LogP contribution in [0.3, 0.4) is 0 Å². The first-order chi connectivity index (χ1) is 11.7. The summed E-state index contributed by atoms with van der Waals surface area (Å²) in [4.78, 5) is 3.66. The third-order valence-corrected chi connectivity index (χ3v) is 6.46. The fourth-order valence-electron chi connectivity index (χ4n) is 2.54. The number of aryl methyl sites for hydroxylation is 2. The molecule has 0 aliphatic carbocycles. The van der Waals surface area contributed by atoms with Crippen molar-refractivity contribution in [1.29, 1.82) is 5.26 Å². The van der Waals surface area contributed by atoms with Gasteiger partial charge in [0.25, 0.3) is 0 Å². The Morgan fingerprint density at radius 3 is 2.54 bits per heavy atom. The van der Waals surface area contributed by atoms with Gasteiger partial charge in [-0.15, -0.1) is 0 Å². The van der Waals surface area contributed by atoms with E-state index in [0.29, 0.717) is 0 Å². The van der Waals surface area contributed by atoms with E-state index in [1.807, 2.05) is 12.1 Å². The molecule has 1 saturated heterocycles. The van der Waals surface area contributed by atoms with Crippen molar-refractivity contribution in [3.8, 4) is 6.07 Å². The maximum absolute atomic E-state index is 9.24. The third-order valence-electron chi connectivity index (χ3n) is 3.94. The molecule has 1 heterocycles. The highest BCUT2D eigenvalue weighted by Crippen LogP contribution is 2.39. The number of nitrogens with zero attached hydrogens (tertiary/aromatic N) is 2. The standard InChI is InChI=1S/C19H21N3S2/c1-14-3-4-15(2)18(11-14)23-17-6-5-16(13-20)12-19(17)24-22-9-7-21-8-10-22/h3-6,11-12,21H,7-10H2,1-2H3. The second kappa shape index (κ2) is 8.09. The summed E-state index contributed by atoms with van der Waals surface area (Å²) in [6.45, 7) is 8.35. The molecule has 1 aliphatic heterocycles. The molecule has 2 aromatic rings. The van der Waals surface area contributed by atoms with Gasteiger partial charge < -0.3 is 5.32 Å². The molecule has 0 aromatic heterocycles. The summed E-state index contributed by atoms with van der Waals surface area (Å²) in [7, 11) is 0. The lowest BCUT2D eigenvalue weighted by Crippen LogP contribution is -2.39. The fraction of sp³-hybridized carbons (Fsp3) is 0.316. The predicted molar refractivity (Wildman–Crippen MR) is 101 cm³/mol. The van der Waals surface area contributed by atoms with Crippen LogP contribution in [0.15, 0.2) is 51.1 Å². The van der Waals surface area contributed by atoms with Crippen LogP contribution in [0.2, 0.25) is 0 Å². The zero-order valence-corrected chi connectivity index (χ0v) is 15.6. The van der Waals surface area contributed by atoms with Crippen LogP contribution in [0.1, 0.15) is 16.7 Å². The first-order valence-electron chi connectivity index (χ1n) is 8.08. The first kappa shape index (κ1) is 17.4. The van der Waals surface area contributed by atoms with Crippen LogP contribution < -0.4 is 5.32 Å². The van der Waals surface area contributed by atoms with E-state index in [1.54, 1.807) is 23.7 Å². The van der Waals surface area contributed by atoms with Crippen molar-refractivity contribution in [3.63, 3.8) is 0 Å². The van der Waals surface area contributed by atoms with Crippen LogP contribution in [0.5, 0.6) is 0 Å². The average molecular weight is 356 g/mol. The molecule has 1 fully saturated rings. The molecule has 3 rings (SSSR count). The van der Waals surface area contributed by atoms with Crippen molar-refractivity contribution in [1.82, 2.24) is 9.62 Å². The van der Waals surface area contributed by atoms with Gasteiger partial charge in [-0.05, 0) is 61.2 Å². The highest BCUT2D eigenvalue weighted by molar-refractivity contribution is 8.01. The Labute approximate surface area is 152 Å². The first-order valence-corrected chi connectivity index (χ1v) is 9.67. The Bertz CT molecular complexity index is 762. The molecule has 0 amide bonds. The van der Waals surface area contributed by atoms with E-state index in [-0.39, 0.29) is 0 Å². The van der Waals surface area contributed by atoms with Gasteiger partial charge >= 0.3 is 0 Å². The van der Waals surface area contributed by atoms with Gasteiger partial charge in [-0.2, -0.15) is 5.26 Å². The van der Waals surface area contributed by atoms with Gasteiger partial charge in [0.2, 0.25) is 0 Å². The fourth-order valence-corrected chi connectivity index (χ4v) is 4.77. The normalized spacial score (nSPS) is 15.2. The van der Waals surface area contributed by atoms with Gasteiger partial charge in [0.05, 0.1) is 11.6 Å². The summed E-state index contributed by atoms with van der Waals surface area (Å²) >= 11 is 3.56. The zero-order chi connectivity index (χ0) is 16.9. The quantitative estimate of drug-likeness (QED) is 0.831. The van der Waals surface area contributed by atoms with Gasteiger partial charge in [0.15, 0.2) is 0 Å². The highest BCUT2D eigenvalue weighted by Gasteiger charge is 2.15. The number of hydrogen-bond donors (Lipinski definition) is 1. The van der Waals surface area contributed by atoms with Gasteiger partial charge in [-0.3, -0.25) is 0 Å². The number of nitrogens with one attached hydrogen (secondary N) is 1. The molecular weight excluding hydrogens is 334 g/mol. The Hall–Kier alpha value is -1.45. The lowest BCUT2D eigenvalue weighted by atomic mass is 10.2. The van der Waals surface area contributed by atoms with E-state index < -0.39 is 0 Å². The van der Waals surface area contributed by atoms with E-state index in [0.717, 1.165) is 31.7 Å². The molecule has 0 atom stereocenters. The SMILES string of the molecule is Cc1ccc(C)c(Sc2ccc(C#N)cc2SN2CCNCC2)c1. The average Bonchev–Trinajstić information content (AvgIpc) is 2.60. The van der Waals surface area contributed by atoms with Crippen molar-refractivity contribution in [2.45, 2.75) is 28.5 Å². The van der Waals surface area contributed by atoms with E-state index in [1.165, 1.54) is 25.8 Å². The van der Waals surface area contributed by atoms with Crippen LogP contribution in [0, 0.1) is 25.2 Å². The molecule has 1 N–H and O–H groups in total. The van der Waals surface area contributed by atoms with E-state index in [4.69, 9.17) is 0 Å². The van der Waals surface area contributed by atoms with Gasteiger partial charge in [-0.25, -0.2) is 4.31 Å². The summed E-state index contributed by atoms with van der Waals surface area (Å²) in [6.07, 6.45) is 0. The predicted octanol–water partition coefficient (Wildman–Crippen LogP) is 4.24. The zero-order valence-electron chi connectivity index (χ0n) is 14.0. The Balaban J connectivity index is 1.88.